The van der Waals surface area contributed by atoms with Gasteiger partial charge in [-0.1, -0.05) is 24.3 Å². The Morgan fingerprint density at radius 3 is 2.36 bits per heavy atom. The van der Waals surface area contributed by atoms with Crippen LogP contribution in [-0.4, -0.2) is 41.0 Å². The van der Waals surface area contributed by atoms with Crippen LogP contribution >= 0.6 is 12.2 Å². The Hall–Kier alpha value is -4.31. The van der Waals surface area contributed by atoms with Gasteiger partial charge in [0, 0.05) is 6.20 Å². The Kier molecular flexibility index (Phi) is 7.25. The molecule has 0 radical (unpaired) electrons. The van der Waals surface area contributed by atoms with Crippen LogP contribution in [0.1, 0.15) is 17.5 Å². The first-order valence-electron chi connectivity index (χ1n) is 10.9. The summed E-state index contributed by atoms with van der Waals surface area (Å²) >= 11 is 5.45. The normalized spacial score (nSPS) is 17.2. The molecule has 1 saturated heterocycles. The van der Waals surface area contributed by atoms with E-state index < -0.39 is 23.2 Å². The minimum absolute atomic E-state index is 0.115. The minimum Gasteiger partial charge on any atom is -0.497 e. The number of carbonyl (C=O) groups excluding carboxylic acids is 2. The van der Waals surface area contributed by atoms with E-state index >= 15 is 0 Å². The molecule has 0 aliphatic carbocycles. The Morgan fingerprint density at radius 1 is 1.08 bits per heavy atom. The Morgan fingerprint density at radius 2 is 1.75 bits per heavy atom. The van der Waals surface area contributed by atoms with E-state index in [1.165, 1.54) is 42.5 Å². The van der Waals surface area contributed by atoms with Gasteiger partial charge >= 0.3 is 0 Å². The number of hydrogen-bond acceptors (Lipinski definition) is 6. The van der Waals surface area contributed by atoms with Crippen LogP contribution in [0.15, 0.2) is 73.1 Å². The number of rotatable bonds is 8. The lowest BCUT2D eigenvalue weighted by atomic mass is 9.84. The van der Waals surface area contributed by atoms with E-state index in [0.717, 1.165) is 5.56 Å². The third-order valence-corrected chi connectivity index (χ3v) is 6.03. The molecule has 2 heterocycles. The van der Waals surface area contributed by atoms with Gasteiger partial charge in [-0.3, -0.25) is 9.59 Å². The van der Waals surface area contributed by atoms with Crippen LogP contribution in [0.2, 0.25) is 0 Å². The molecule has 36 heavy (non-hydrogen) atoms. The fourth-order valence-electron chi connectivity index (χ4n) is 3.87. The molecule has 1 unspecified atom stereocenters. The van der Waals surface area contributed by atoms with E-state index in [1.54, 1.807) is 43.7 Å². The molecule has 1 aromatic heterocycles. The lowest BCUT2D eigenvalue weighted by Gasteiger charge is -2.34. The van der Waals surface area contributed by atoms with Gasteiger partial charge in [-0.15, -0.1) is 0 Å². The second kappa shape index (κ2) is 10.5. The summed E-state index contributed by atoms with van der Waals surface area (Å²) < 4.78 is 24.0. The highest BCUT2D eigenvalue weighted by molar-refractivity contribution is 7.80. The highest BCUT2D eigenvalue weighted by Crippen LogP contribution is 2.38. The van der Waals surface area contributed by atoms with E-state index in [-0.39, 0.29) is 17.4 Å². The first kappa shape index (κ1) is 24.8. The third kappa shape index (κ3) is 5.03. The van der Waals surface area contributed by atoms with Gasteiger partial charge in [0.2, 0.25) is 5.91 Å². The minimum atomic E-state index is -1.55. The number of aromatic nitrogens is 1. The molecule has 0 saturated carbocycles. The lowest BCUT2D eigenvalue weighted by Crippen LogP contribution is -2.47. The quantitative estimate of drug-likeness (QED) is 0.449. The topological polar surface area (TPSA) is 92.8 Å². The second-order valence-corrected chi connectivity index (χ2v) is 8.28. The van der Waals surface area contributed by atoms with Crippen LogP contribution < -0.4 is 20.1 Å². The SMILES string of the molecule is COc1ccc(/C=C\N2C(=S)NC(=O)C2(CC(=O)Nc2ccc(OC)cn2)c2ccc(F)cc2)cc1. The van der Waals surface area contributed by atoms with E-state index in [0.29, 0.717) is 17.1 Å². The molecular formula is C26H23FN4O4S. The average molecular weight is 507 g/mol. The van der Waals surface area contributed by atoms with E-state index in [1.807, 2.05) is 12.1 Å². The maximum Gasteiger partial charge on any atom is 0.257 e. The summed E-state index contributed by atoms with van der Waals surface area (Å²) in [6.07, 6.45) is 4.54. The van der Waals surface area contributed by atoms with Gasteiger partial charge in [0.1, 0.15) is 23.1 Å². The van der Waals surface area contributed by atoms with Gasteiger partial charge in [0.15, 0.2) is 10.7 Å². The fourth-order valence-corrected chi connectivity index (χ4v) is 4.18. The molecule has 4 rings (SSSR count). The molecular weight excluding hydrogens is 483 g/mol. The number of hydrogen-bond donors (Lipinski definition) is 2. The van der Waals surface area contributed by atoms with Crippen molar-refractivity contribution in [2.45, 2.75) is 12.0 Å². The van der Waals surface area contributed by atoms with Crippen molar-refractivity contribution >= 4 is 41.0 Å². The van der Waals surface area contributed by atoms with Crippen LogP contribution in [0.3, 0.4) is 0 Å². The Labute approximate surface area is 212 Å². The lowest BCUT2D eigenvalue weighted by molar-refractivity contribution is -0.131. The maximum absolute atomic E-state index is 13.8. The molecule has 3 aromatic rings. The summed E-state index contributed by atoms with van der Waals surface area (Å²) in [5, 5.41) is 5.47. The predicted molar refractivity (Wildman–Crippen MR) is 137 cm³/mol. The van der Waals surface area contributed by atoms with Crippen LogP contribution in [0.25, 0.3) is 6.08 Å². The second-order valence-electron chi connectivity index (χ2n) is 7.89. The van der Waals surface area contributed by atoms with E-state index in [2.05, 4.69) is 15.6 Å². The van der Waals surface area contributed by atoms with Crippen molar-refractivity contribution in [1.29, 1.82) is 0 Å². The molecule has 1 atom stereocenters. The maximum atomic E-state index is 13.8. The van der Waals surface area contributed by atoms with Gasteiger partial charge in [-0.2, -0.15) is 0 Å². The number of carbonyl (C=O) groups is 2. The molecule has 0 bridgehead atoms. The van der Waals surface area contributed by atoms with Crippen molar-refractivity contribution in [3.05, 3.63) is 90.0 Å². The van der Waals surface area contributed by atoms with Gasteiger partial charge in [-0.05, 0) is 65.8 Å². The van der Waals surface area contributed by atoms with Crippen molar-refractivity contribution in [3.63, 3.8) is 0 Å². The van der Waals surface area contributed by atoms with Gasteiger partial charge in [-0.25, -0.2) is 9.37 Å². The molecule has 8 nitrogen and oxygen atoms in total. The molecule has 1 fully saturated rings. The molecule has 1 aliphatic rings. The number of halogens is 1. The monoisotopic (exact) mass is 506 g/mol. The molecule has 1 aliphatic heterocycles. The third-order valence-electron chi connectivity index (χ3n) is 5.74. The number of methoxy groups -OCH3 is 2. The van der Waals surface area contributed by atoms with Gasteiger partial charge in [0.25, 0.3) is 5.91 Å². The summed E-state index contributed by atoms with van der Waals surface area (Å²) in [5.41, 5.74) is -0.332. The largest absolute Gasteiger partial charge is 0.497 e. The van der Waals surface area contributed by atoms with Crippen molar-refractivity contribution in [3.8, 4) is 11.5 Å². The summed E-state index contributed by atoms with van der Waals surface area (Å²) in [7, 11) is 3.09. The first-order chi connectivity index (χ1) is 17.3. The van der Waals surface area contributed by atoms with Crippen LogP contribution in [0, 0.1) is 5.82 Å². The summed E-state index contributed by atoms with van der Waals surface area (Å²) in [4.78, 5) is 32.2. The number of ether oxygens (including phenoxy) is 2. The predicted octanol–water partition coefficient (Wildman–Crippen LogP) is 3.85. The van der Waals surface area contributed by atoms with Crippen molar-refractivity contribution in [1.82, 2.24) is 15.2 Å². The highest BCUT2D eigenvalue weighted by atomic mass is 32.1. The Balaban J connectivity index is 1.69. The zero-order valence-corrected chi connectivity index (χ0v) is 20.3. The number of nitrogens with zero attached hydrogens (tertiary/aromatic N) is 2. The zero-order valence-electron chi connectivity index (χ0n) is 19.5. The van der Waals surface area contributed by atoms with Gasteiger partial charge in [0.05, 0.1) is 26.8 Å². The average Bonchev–Trinajstić information content (AvgIpc) is 3.12. The number of anilines is 1. The van der Waals surface area contributed by atoms with Crippen molar-refractivity contribution in [2.75, 3.05) is 19.5 Å². The van der Waals surface area contributed by atoms with Crippen molar-refractivity contribution < 1.29 is 23.5 Å². The molecule has 2 amide bonds. The van der Waals surface area contributed by atoms with E-state index in [9.17, 15) is 14.0 Å². The summed E-state index contributed by atoms with van der Waals surface area (Å²) in [5.74, 6) is 0.0609. The number of pyridine rings is 1. The van der Waals surface area contributed by atoms with Crippen LogP contribution in [0.4, 0.5) is 10.2 Å². The van der Waals surface area contributed by atoms with Crippen LogP contribution in [-0.2, 0) is 15.1 Å². The number of benzene rings is 2. The zero-order chi connectivity index (χ0) is 25.7. The molecule has 0 spiro atoms. The Bertz CT molecular complexity index is 1300. The highest BCUT2D eigenvalue weighted by Gasteiger charge is 2.53. The molecule has 184 valence electrons. The summed E-state index contributed by atoms with van der Waals surface area (Å²) in [6.45, 7) is 0. The number of nitrogens with one attached hydrogen (secondary N) is 2. The standard InChI is InChI=1S/C26H23FN4O4S/c1-34-20-9-3-17(4-10-20)13-14-31-25(36)30-24(33)26(31,18-5-7-19(27)8-6-18)15-23(32)29-22-12-11-21(35-2)16-28-22/h3-14,16H,15H2,1-2H3,(H,28,29,32)(H,30,33,36)/b14-13-. The smallest absolute Gasteiger partial charge is 0.257 e. The van der Waals surface area contributed by atoms with Crippen LogP contribution in [0.5, 0.6) is 11.5 Å². The van der Waals surface area contributed by atoms with E-state index in [4.69, 9.17) is 21.7 Å². The van der Waals surface area contributed by atoms with Crippen molar-refractivity contribution in [2.24, 2.45) is 0 Å². The molecule has 2 aromatic carbocycles. The number of amides is 2. The molecule has 2 N–H and O–H groups in total. The summed E-state index contributed by atoms with van der Waals surface area (Å²) in [6, 6.07) is 15.9. The fraction of sp³-hybridized carbons (Fsp3) is 0.154. The first-order valence-corrected chi connectivity index (χ1v) is 11.3. The molecule has 10 heteroatoms. The number of thiocarbonyl (C=S) groups is 1. The van der Waals surface area contributed by atoms with Gasteiger partial charge < -0.3 is 25.0 Å².